The highest BCUT2D eigenvalue weighted by molar-refractivity contribution is 7.99. The van der Waals surface area contributed by atoms with E-state index in [1.807, 2.05) is 30.1 Å². The lowest BCUT2D eigenvalue weighted by molar-refractivity contribution is 0.0949. The van der Waals surface area contributed by atoms with Gasteiger partial charge in [-0.05, 0) is 31.5 Å². The van der Waals surface area contributed by atoms with Gasteiger partial charge in [0.2, 0.25) is 0 Å². The summed E-state index contributed by atoms with van der Waals surface area (Å²) in [5.74, 6) is 2.25. The van der Waals surface area contributed by atoms with E-state index in [1.165, 1.54) is 11.5 Å². The fraction of sp³-hybridized carbons (Fsp3) is 0.409. The average molecular weight is 425 g/mol. The zero-order valence-corrected chi connectivity index (χ0v) is 18.3. The Kier molecular flexibility index (Phi) is 6.54. The van der Waals surface area contributed by atoms with Crippen LogP contribution in [0, 0.1) is 0 Å². The first-order chi connectivity index (χ1) is 14.6. The number of carbonyl (C=O) groups is 1. The molecule has 3 N–H and O–H groups in total. The van der Waals surface area contributed by atoms with E-state index in [2.05, 4.69) is 50.6 Å². The fourth-order valence-corrected chi connectivity index (χ4v) is 4.62. The number of fused-ring (bicyclic) bond motifs is 1. The minimum Gasteiger partial charge on any atom is -0.382 e. The zero-order chi connectivity index (χ0) is 20.9. The second-order valence-corrected chi connectivity index (χ2v) is 9.00. The fourth-order valence-electron chi connectivity index (χ4n) is 3.64. The third-order valence-electron chi connectivity index (χ3n) is 5.19. The van der Waals surface area contributed by atoms with Crippen molar-refractivity contribution in [3.05, 3.63) is 42.4 Å². The quantitative estimate of drug-likeness (QED) is 0.540. The molecule has 2 aromatic heterocycles. The average Bonchev–Trinajstić information content (AvgIpc) is 3.29. The molecule has 1 fully saturated rings. The minimum absolute atomic E-state index is 0.0901. The van der Waals surface area contributed by atoms with Gasteiger partial charge < -0.3 is 10.6 Å². The molecule has 1 amide bonds. The molecule has 30 heavy (non-hydrogen) atoms. The van der Waals surface area contributed by atoms with Gasteiger partial charge >= 0.3 is 0 Å². The molecular weight excluding hydrogens is 396 g/mol. The Bertz CT molecular complexity index is 998. The van der Waals surface area contributed by atoms with Crippen LogP contribution in [0.25, 0.3) is 22.0 Å². The molecule has 0 saturated carbocycles. The number of thioether (sulfide) groups is 1. The van der Waals surface area contributed by atoms with Crippen LogP contribution in [0.2, 0.25) is 0 Å². The molecule has 3 heterocycles. The van der Waals surface area contributed by atoms with Crippen molar-refractivity contribution in [3.8, 4) is 11.1 Å². The molecule has 0 bridgehead atoms. The molecule has 8 heteroatoms. The number of anilines is 1. The Hall–Kier alpha value is -2.58. The number of amides is 1. The number of nitrogens with one attached hydrogen (secondary N) is 3. The number of rotatable bonds is 7. The Morgan fingerprint density at radius 1 is 1.23 bits per heavy atom. The Morgan fingerprint density at radius 2 is 2.07 bits per heavy atom. The van der Waals surface area contributed by atoms with Crippen LogP contribution in [-0.2, 0) is 0 Å². The first kappa shape index (κ1) is 20.7. The number of H-pyrrole nitrogens is 1. The van der Waals surface area contributed by atoms with E-state index >= 15 is 0 Å². The number of hydrogen-bond donors (Lipinski definition) is 3. The predicted molar refractivity (Wildman–Crippen MR) is 124 cm³/mol. The van der Waals surface area contributed by atoms with Gasteiger partial charge in [0.15, 0.2) is 0 Å². The van der Waals surface area contributed by atoms with Crippen LogP contribution >= 0.6 is 11.8 Å². The maximum atomic E-state index is 13.0. The number of nitrogens with zero attached hydrogens (tertiary/aromatic N) is 3. The second kappa shape index (κ2) is 9.49. The van der Waals surface area contributed by atoms with Gasteiger partial charge in [-0.15, -0.1) is 0 Å². The molecule has 0 unspecified atom stereocenters. The van der Waals surface area contributed by atoms with E-state index in [4.69, 9.17) is 0 Å². The van der Waals surface area contributed by atoms with Gasteiger partial charge in [0, 0.05) is 67.1 Å². The van der Waals surface area contributed by atoms with Gasteiger partial charge in [-0.1, -0.05) is 6.07 Å². The molecule has 3 aromatic rings. The van der Waals surface area contributed by atoms with Crippen LogP contribution in [0.15, 0.2) is 36.8 Å². The van der Waals surface area contributed by atoms with Crippen molar-refractivity contribution in [2.24, 2.45) is 0 Å². The number of aromatic amines is 1. The number of aromatic nitrogens is 3. The van der Waals surface area contributed by atoms with Crippen molar-refractivity contribution < 1.29 is 4.79 Å². The summed E-state index contributed by atoms with van der Waals surface area (Å²) in [4.78, 5) is 20.0. The van der Waals surface area contributed by atoms with Crippen molar-refractivity contribution >= 4 is 34.3 Å². The van der Waals surface area contributed by atoms with Gasteiger partial charge in [0.1, 0.15) is 0 Å². The lowest BCUT2D eigenvalue weighted by atomic mass is 10.0. The molecule has 158 valence electrons. The normalized spacial score (nSPS) is 14.9. The van der Waals surface area contributed by atoms with Gasteiger partial charge in [-0.25, -0.2) is 0 Å². The Balaban J connectivity index is 1.59. The standard InChI is InChI=1S/C22H28N6OS/c1-15(2)27-21-18-11-16(17-12-25-26-13-17)3-4-20(18)24-14-19(21)22(29)23-5-6-28-7-9-30-10-8-28/h3-4,11-15H,5-10H2,1-2H3,(H,23,29)(H,24,27)(H,25,26). The largest absolute Gasteiger partial charge is 0.382 e. The van der Waals surface area contributed by atoms with Gasteiger partial charge in [-0.2, -0.15) is 16.9 Å². The topological polar surface area (TPSA) is 85.9 Å². The van der Waals surface area contributed by atoms with E-state index in [-0.39, 0.29) is 11.9 Å². The molecular formula is C22H28N6OS. The summed E-state index contributed by atoms with van der Waals surface area (Å²) in [5.41, 5.74) is 4.29. The SMILES string of the molecule is CC(C)Nc1c(C(=O)NCCN2CCSCC2)cnc2ccc(-c3cn[nH]c3)cc12. The van der Waals surface area contributed by atoms with Crippen LogP contribution in [0.5, 0.6) is 0 Å². The molecule has 0 aliphatic carbocycles. The van der Waals surface area contributed by atoms with Crippen molar-refractivity contribution in [1.29, 1.82) is 0 Å². The monoisotopic (exact) mass is 424 g/mol. The second-order valence-electron chi connectivity index (χ2n) is 7.77. The summed E-state index contributed by atoms with van der Waals surface area (Å²) in [6, 6.07) is 6.26. The van der Waals surface area contributed by atoms with E-state index in [9.17, 15) is 4.79 Å². The summed E-state index contributed by atoms with van der Waals surface area (Å²) < 4.78 is 0. The number of hydrogen-bond acceptors (Lipinski definition) is 6. The Morgan fingerprint density at radius 3 is 2.80 bits per heavy atom. The third kappa shape index (κ3) is 4.76. The van der Waals surface area contributed by atoms with Crippen molar-refractivity contribution in [3.63, 3.8) is 0 Å². The van der Waals surface area contributed by atoms with Crippen molar-refractivity contribution in [2.75, 3.05) is 43.0 Å². The summed E-state index contributed by atoms with van der Waals surface area (Å²) in [7, 11) is 0. The summed E-state index contributed by atoms with van der Waals surface area (Å²) in [6.07, 6.45) is 5.33. The van der Waals surface area contributed by atoms with Crippen LogP contribution in [0.1, 0.15) is 24.2 Å². The molecule has 1 aliphatic rings. The molecule has 1 aromatic carbocycles. The van der Waals surface area contributed by atoms with E-state index in [1.54, 1.807) is 12.4 Å². The van der Waals surface area contributed by atoms with Crippen LogP contribution in [-0.4, -0.2) is 69.7 Å². The number of carbonyl (C=O) groups excluding carboxylic acids is 1. The molecule has 0 radical (unpaired) electrons. The van der Waals surface area contributed by atoms with Crippen LogP contribution < -0.4 is 10.6 Å². The molecule has 0 atom stereocenters. The molecule has 4 rings (SSSR count). The highest BCUT2D eigenvalue weighted by Gasteiger charge is 2.18. The summed E-state index contributed by atoms with van der Waals surface area (Å²) in [5, 5.41) is 14.4. The third-order valence-corrected chi connectivity index (χ3v) is 6.14. The highest BCUT2D eigenvalue weighted by atomic mass is 32.2. The first-order valence-corrected chi connectivity index (χ1v) is 11.5. The highest BCUT2D eigenvalue weighted by Crippen LogP contribution is 2.31. The van der Waals surface area contributed by atoms with Crippen molar-refractivity contribution in [1.82, 2.24) is 25.4 Å². The smallest absolute Gasteiger partial charge is 0.255 e. The predicted octanol–water partition coefficient (Wildman–Crippen LogP) is 3.22. The summed E-state index contributed by atoms with van der Waals surface area (Å²) >= 11 is 1.99. The lowest BCUT2D eigenvalue weighted by Gasteiger charge is -2.26. The Labute approximate surface area is 181 Å². The zero-order valence-electron chi connectivity index (χ0n) is 17.4. The van der Waals surface area contributed by atoms with Gasteiger partial charge in [-0.3, -0.25) is 19.8 Å². The molecule has 1 saturated heterocycles. The van der Waals surface area contributed by atoms with Crippen LogP contribution in [0.4, 0.5) is 5.69 Å². The number of benzene rings is 1. The lowest BCUT2D eigenvalue weighted by Crippen LogP contribution is -2.39. The number of pyridine rings is 1. The molecule has 0 spiro atoms. The molecule has 7 nitrogen and oxygen atoms in total. The van der Waals surface area contributed by atoms with Gasteiger partial charge in [0.25, 0.3) is 5.91 Å². The maximum Gasteiger partial charge on any atom is 0.255 e. The van der Waals surface area contributed by atoms with Crippen LogP contribution in [0.3, 0.4) is 0 Å². The maximum absolute atomic E-state index is 13.0. The minimum atomic E-state index is -0.0901. The van der Waals surface area contributed by atoms with E-state index in [0.29, 0.717) is 12.1 Å². The first-order valence-electron chi connectivity index (χ1n) is 10.4. The van der Waals surface area contributed by atoms with E-state index < -0.39 is 0 Å². The van der Waals surface area contributed by atoms with Crippen molar-refractivity contribution in [2.45, 2.75) is 19.9 Å². The molecule has 1 aliphatic heterocycles. The summed E-state index contributed by atoms with van der Waals surface area (Å²) in [6.45, 7) is 7.84. The van der Waals surface area contributed by atoms with E-state index in [0.717, 1.165) is 47.4 Å². The van der Waals surface area contributed by atoms with Gasteiger partial charge in [0.05, 0.1) is 23.0 Å².